The second-order valence-electron chi connectivity index (χ2n) is 5.88. The first-order valence-electron chi connectivity index (χ1n) is 8.70. The lowest BCUT2D eigenvalue weighted by molar-refractivity contribution is 0.0956. The Balaban J connectivity index is 1.30. The predicted molar refractivity (Wildman–Crippen MR) is 107 cm³/mol. The number of hydrogen-bond donors (Lipinski definition) is 2. The fraction of sp³-hybridized carbons (Fsp3) is 0.100. The molecule has 0 atom stereocenters. The highest BCUT2D eigenvalue weighted by molar-refractivity contribution is 7.99. The van der Waals surface area contributed by atoms with Crippen LogP contribution in [0.15, 0.2) is 76.6 Å². The van der Waals surface area contributed by atoms with E-state index in [-0.39, 0.29) is 5.91 Å². The molecule has 0 bridgehead atoms. The van der Waals surface area contributed by atoms with Crippen molar-refractivity contribution in [2.24, 2.45) is 0 Å². The summed E-state index contributed by atoms with van der Waals surface area (Å²) in [5.41, 5.74) is 2.77. The van der Waals surface area contributed by atoms with E-state index >= 15 is 0 Å². The highest BCUT2D eigenvalue weighted by Gasteiger charge is 2.17. The first-order chi connectivity index (χ1) is 13.8. The Morgan fingerprint density at radius 3 is 2.50 bits per heavy atom. The molecule has 4 rings (SSSR count). The van der Waals surface area contributed by atoms with Gasteiger partial charge in [0.05, 0.1) is 0 Å². The van der Waals surface area contributed by atoms with Crippen LogP contribution in [0.2, 0.25) is 0 Å². The SMILES string of the molecule is O=C(NCCSc1n[nH]c(-c2ccccc2)n1)c1conc1-c1ccccc1. The molecule has 28 heavy (non-hydrogen) atoms. The average Bonchev–Trinajstić information content (AvgIpc) is 3.42. The van der Waals surface area contributed by atoms with Gasteiger partial charge in [-0.2, -0.15) is 0 Å². The number of hydrogen-bond acceptors (Lipinski definition) is 6. The summed E-state index contributed by atoms with van der Waals surface area (Å²) in [7, 11) is 0. The molecular formula is C20H17N5O2S. The lowest BCUT2D eigenvalue weighted by Gasteiger charge is -2.04. The second kappa shape index (κ2) is 8.53. The van der Waals surface area contributed by atoms with E-state index in [0.29, 0.717) is 28.7 Å². The molecule has 1 amide bonds. The van der Waals surface area contributed by atoms with Gasteiger partial charge in [0.25, 0.3) is 5.91 Å². The van der Waals surface area contributed by atoms with E-state index in [4.69, 9.17) is 4.52 Å². The van der Waals surface area contributed by atoms with Crippen molar-refractivity contribution in [3.05, 3.63) is 72.5 Å². The zero-order valence-corrected chi connectivity index (χ0v) is 15.6. The topological polar surface area (TPSA) is 96.7 Å². The van der Waals surface area contributed by atoms with E-state index in [9.17, 15) is 4.79 Å². The molecule has 8 heteroatoms. The summed E-state index contributed by atoms with van der Waals surface area (Å²) in [4.78, 5) is 16.9. The van der Waals surface area contributed by atoms with Crippen LogP contribution < -0.4 is 5.32 Å². The van der Waals surface area contributed by atoms with E-state index in [1.54, 1.807) is 0 Å². The van der Waals surface area contributed by atoms with Gasteiger partial charge in [-0.25, -0.2) is 4.98 Å². The number of rotatable bonds is 7. The fourth-order valence-corrected chi connectivity index (χ4v) is 3.29. The summed E-state index contributed by atoms with van der Waals surface area (Å²) in [6.07, 6.45) is 1.37. The Kier molecular flexibility index (Phi) is 5.48. The molecule has 0 unspecified atom stereocenters. The van der Waals surface area contributed by atoms with E-state index < -0.39 is 0 Å². The third kappa shape index (κ3) is 4.12. The zero-order chi connectivity index (χ0) is 19.2. The molecule has 0 saturated heterocycles. The van der Waals surface area contributed by atoms with Gasteiger partial charge in [-0.3, -0.25) is 9.89 Å². The largest absolute Gasteiger partial charge is 0.363 e. The van der Waals surface area contributed by atoms with Gasteiger partial charge >= 0.3 is 0 Å². The summed E-state index contributed by atoms with van der Waals surface area (Å²) in [5.74, 6) is 1.15. The Morgan fingerprint density at radius 2 is 1.75 bits per heavy atom. The summed E-state index contributed by atoms with van der Waals surface area (Å²) in [5, 5.41) is 14.6. The molecule has 0 fully saturated rings. The number of H-pyrrole nitrogens is 1. The predicted octanol–water partition coefficient (Wildman–Crippen LogP) is 3.65. The number of thioether (sulfide) groups is 1. The third-order valence-corrected chi connectivity index (χ3v) is 4.84. The van der Waals surface area contributed by atoms with Crippen molar-refractivity contribution in [3.63, 3.8) is 0 Å². The Morgan fingerprint density at radius 1 is 1.04 bits per heavy atom. The lowest BCUT2D eigenvalue weighted by atomic mass is 10.1. The van der Waals surface area contributed by atoms with Crippen molar-refractivity contribution >= 4 is 17.7 Å². The minimum absolute atomic E-state index is 0.222. The van der Waals surface area contributed by atoms with E-state index in [2.05, 4.69) is 25.7 Å². The van der Waals surface area contributed by atoms with Gasteiger partial charge < -0.3 is 9.84 Å². The van der Waals surface area contributed by atoms with E-state index in [0.717, 1.165) is 17.0 Å². The number of nitrogens with zero attached hydrogens (tertiary/aromatic N) is 3. The molecule has 7 nitrogen and oxygen atoms in total. The molecule has 0 spiro atoms. The van der Waals surface area contributed by atoms with Crippen LogP contribution in [-0.4, -0.2) is 38.5 Å². The molecule has 0 aliphatic rings. The van der Waals surface area contributed by atoms with Crippen LogP contribution in [0.1, 0.15) is 10.4 Å². The Bertz CT molecular complexity index is 1050. The quantitative estimate of drug-likeness (QED) is 0.369. The van der Waals surface area contributed by atoms with Gasteiger partial charge in [0, 0.05) is 23.4 Å². The van der Waals surface area contributed by atoms with Crippen LogP contribution in [-0.2, 0) is 0 Å². The van der Waals surface area contributed by atoms with E-state index in [1.165, 1.54) is 18.0 Å². The minimum atomic E-state index is -0.222. The summed E-state index contributed by atoms with van der Waals surface area (Å²) >= 11 is 1.47. The number of nitrogens with one attached hydrogen (secondary N) is 2. The molecule has 140 valence electrons. The monoisotopic (exact) mass is 391 g/mol. The normalized spacial score (nSPS) is 10.7. The molecule has 0 radical (unpaired) electrons. The molecule has 2 N–H and O–H groups in total. The first-order valence-corrected chi connectivity index (χ1v) is 9.68. The van der Waals surface area contributed by atoms with Gasteiger partial charge in [0.1, 0.15) is 17.5 Å². The Labute approximate surface area is 165 Å². The van der Waals surface area contributed by atoms with E-state index in [1.807, 2.05) is 60.7 Å². The third-order valence-electron chi connectivity index (χ3n) is 3.99. The first kappa shape index (κ1) is 18.0. The fourth-order valence-electron chi connectivity index (χ4n) is 2.64. The number of amides is 1. The number of carbonyl (C=O) groups is 1. The summed E-state index contributed by atoms with van der Waals surface area (Å²) in [6.45, 7) is 0.470. The standard InChI is InChI=1S/C20H17N5O2S/c26-19(16-13-27-25-17(16)14-7-3-1-4-8-14)21-11-12-28-20-22-18(23-24-20)15-9-5-2-6-10-15/h1-10,13H,11-12H2,(H,21,26)(H,22,23,24). The van der Waals surface area contributed by atoms with Crippen molar-refractivity contribution in [3.8, 4) is 22.6 Å². The average molecular weight is 391 g/mol. The van der Waals surface area contributed by atoms with Crippen molar-refractivity contribution in [1.82, 2.24) is 25.7 Å². The van der Waals surface area contributed by atoms with Crippen LogP contribution in [0.5, 0.6) is 0 Å². The van der Waals surface area contributed by atoms with Crippen LogP contribution in [0.3, 0.4) is 0 Å². The molecule has 4 aromatic rings. The van der Waals surface area contributed by atoms with Crippen LogP contribution >= 0.6 is 11.8 Å². The van der Waals surface area contributed by atoms with Crippen LogP contribution in [0.4, 0.5) is 0 Å². The van der Waals surface area contributed by atoms with Gasteiger partial charge in [-0.15, -0.1) is 5.10 Å². The van der Waals surface area contributed by atoms with Crippen LogP contribution in [0, 0.1) is 0 Å². The number of carbonyl (C=O) groups excluding carboxylic acids is 1. The Hall–Kier alpha value is -3.39. The minimum Gasteiger partial charge on any atom is -0.363 e. The highest BCUT2D eigenvalue weighted by Crippen LogP contribution is 2.22. The second-order valence-corrected chi connectivity index (χ2v) is 6.94. The molecule has 2 aromatic carbocycles. The summed E-state index contributed by atoms with van der Waals surface area (Å²) in [6, 6.07) is 19.3. The van der Waals surface area contributed by atoms with Gasteiger partial charge in [0.15, 0.2) is 5.82 Å². The molecule has 2 aromatic heterocycles. The maximum Gasteiger partial charge on any atom is 0.256 e. The van der Waals surface area contributed by atoms with Gasteiger partial charge in [0.2, 0.25) is 5.16 Å². The lowest BCUT2D eigenvalue weighted by Crippen LogP contribution is -2.25. The summed E-state index contributed by atoms with van der Waals surface area (Å²) < 4.78 is 5.00. The molecular weight excluding hydrogens is 374 g/mol. The van der Waals surface area contributed by atoms with Crippen molar-refractivity contribution in [2.45, 2.75) is 5.16 Å². The highest BCUT2D eigenvalue weighted by atomic mass is 32.2. The zero-order valence-electron chi connectivity index (χ0n) is 14.8. The van der Waals surface area contributed by atoms with Crippen molar-refractivity contribution in [2.75, 3.05) is 12.3 Å². The maximum atomic E-state index is 12.4. The number of aromatic amines is 1. The number of benzene rings is 2. The maximum absolute atomic E-state index is 12.4. The number of aromatic nitrogens is 4. The molecule has 0 aliphatic heterocycles. The van der Waals surface area contributed by atoms with Crippen molar-refractivity contribution in [1.29, 1.82) is 0 Å². The van der Waals surface area contributed by atoms with Gasteiger partial charge in [-0.1, -0.05) is 77.6 Å². The van der Waals surface area contributed by atoms with Crippen LogP contribution in [0.25, 0.3) is 22.6 Å². The molecule has 0 aliphatic carbocycles. The molecule has 0 saturated carbocycles. The smallest absolute Gasteiger partial charge is 0.256 e. The van der Waals surface area contributed by atoms with Crippen molar-refractivity contribution < 1.29 is 9.32 Å². The van der Waals surface area contributed by atoms with Gasteiger partial charge in [-0.05, 0) is 0 Å². The molecule has 2 heterocycles.